The first-order chi connectivity index (χ1) is 33.7. The largest absolute Gasteiger partial charge is 0.309 e. The normalized spacial score (nSPS) is 11.5. The predicted octanol–water partition coefficient (Wildman–Crippen LogP) is 17.6. The van der Waals surface area contributed by atoms with Gasteiger partial charge in [-0.05, 0) is 140 Å². The third-order valence-corrected chi connectivity index (χ3v) is 14.3. The summed E-state index contributed by atoms with van der Waals surface area (Å²) in [6.45, 7) is 0. The van der Waals surface area contributed by atoms with Crippen LogP contribution in [0.4, 0.5) is 0 Å². The molecule has 3 aromatic heterocycles. The van der Waals surface area contributed by atoms with Crippen LogP contribution in [-0.4, -0.2) is 14.5 Å². The van der Waals surface area contributed by atoms with Crippen LogP contribution in [0, 0.1) is 0 Å². The van der Waals surface area contributed by atoms with E-state index in [1.54, 1.807) is 11.3 Å². The van der Waals surface area contributed by atoms with E-state index in [1.807, 2.05) is 6.20 Å². The van der Waals surface area contributed by atoms with Gasteiger partial charge in [-0.25, -0.2) is 9.97 Å². The molecule has 0 spiro atoms. The Morgan fingerprint density at radius 3 is 1.50 bits per heavy atom. The van der Waals surface area contributed by atoms with Crippen LogP contribution in [0.2, 0.25) is 0 Å². The molecule has 3 nitrogen and oxygen atoms in total. The summed E-state index contributed by atoms with van der Waals surface area (Å²) in [4.78, 5) is 10.3. The van der Waals surface area contributed by atoms with Gasteiger partial charge in [0, 0.05) is 38.3 Å². The van der Waals surface area contributed by atoms with Gasteiger partial charge in [-0.1, -0.05) is 170 Å². The average molecular weight is 884 g/mol. The third kappa shape index (κ3) is 7.07. The zero-order valence-corrected chi connectivity index (χ0v) is 37.7. The van der Waals surface area contributed by atoms with Crippen molar-refractivity contribution in [1.82, 2.24) is 14.5 Å². The van der Waals surface area contributed by atoms with Gasteiger partial charge in [-0.2, -0.15) is 0 Å². The molecular weight excluding hydrogens is 843 g/mol. The van der Waals surface area contributed by atoms with Gasteiger partial charge in [-0.3, -0.25) is 0 Å². The maximum Gasteiger partial charge on any atom is 0.159 e. The zero-order valence-electron chi connectivity index (χ0n) is 36.9. The summed E-state index contributed by atoms with van der Waals surface area (Å²) in [7, 11) is 0. The first-order valence-corrected chi connectivity index (χ1v) is 23.9. The summed E-state index contributed by atoms with van der Waals surface area (Å²) in [5.41, 5.74) is 19.6. The van der Waals surface area contributed by atoms with Crippen molar-refractivity contribution in [3.05, 3.63) is 249 Å². The van der Waals surface area contributed by atoms with Gasteiger partial charge in [0.15, 0.2) is 5.82 Å². The molecule has 13 rings (SSSR count). The Bertz CT molecular complexity index is 3950. The first-order valence-electron chi connectivity index (χ1n) is 23.0. The zero-order chi connectivity index (χ0) is 45.0. The van der Waals surface area contributed by atoms with E-state index in [9.17, 15) is 0 Å². The lowest BCUT2D eigenvalue weighted by Crippen LogP contribution is -1.93. The highest BCUT2D eigenvalue weighted by Crippen LogP contribution is 2.42. The van der Waals surface area contributed by atoms with Crippen molar-refractivity contribution < 1.29 is 0 Å². The predicted molar refractivity (Wildman–Crippen MR) is 287 cm³/mol. The van der Waals surface area contributed by atoms with Crippen LogP contribution < -0.4 is 0 Å². The summed E-state index contributed by atoms with van der Waals surface area (Å²) >= 11 is 1.74. The number of para-hydroxylation sites is 1. The molecule has 0 radical (unpaired) electrons. The fourth-order valence-electron chi connectivity index (χ4n) is 9.95. The number of rotatable bonds is 8. The second-order valence-electron chi connectivity index (χ2n) is 17.4. The van der Waals surface area contributed by atoms with Gasteiger partial charge in [0.05, 0.1) is 21.3 Å². The molecule has 3 heterocycles. The minimum absolute atomic E-state index is 0.715. The van der Waals surface area contributed by atoms with Crippen LogP contribution in [0.5, 0.6) is 0 Å². The van der Waals surface area contributed by atoms with Crippen LogP contribution in [-0.2, 0) is 0 Å². The highest BCUT2D eigenvalue weighted by atomic mass is 32.1. The number of hydrogen-bond donors (Lipinski definition) is 0. The summed E-state index contributed by atoms with van der Waals surface area (Å²) in [5.74, 6) is 0.715. The molecule has 0 saturated heterocycles. The van der Waals surface area contributed by atoms with Crippen LogP contribution in [0.15, 0.2) is 249 Å². The molecule has 318 valence electrons. The molecule has 0 amide bonds. The van der Waals surface area contributed by atoms with Crippen molar-refractivity contribution >= 4 is 53.4 Å². The monoisotopic (exact) mass is 883 g/mol. The van der Waals surface area contributed by atoms with Crippen LogP contribution >= 0.6 is 11.3 Å². The lowest BCUT2D eigenvalue weighted by molar-refractivity contribution is 1.18. The van der Waals surface area contributed by atoms with E-state index in [1.165, 1.54) is 71.0 Å². The van der Waals surface area contributed by atoms with Gasteiger partial charge in [0.1, 0.15) is 0 Å². The van der Waals surface area contributed by atoms with Crippen molar-refractivity contribution in [2.45, 2.75) is 0 Å². The van der Waals surface area contributed by atoms with Crippen LogP contribution in [0.1, 0.15) is 0 Å². The number of benzene rings is 10. The molecule has 13 aromatic rings. The fourth-order valence-corrected chi connectivity index (χ4v) is 10.9. The van der Waals surface area contributed by atoms with Crippen molar-refractivity contribution in [3.8, 4) is 83.8 Å². The van der Waals surface area contributed by atoms with Crippen LogP contribution in [0.3, 0.4) is 0 Å². The molecule has 0 N–H and O–H groups in total. The van der Waals surface area contributed by atoms with Gasteiger partial charge in [0.25, 0.3) is 0 Å². The SMILES string of the molecule is c1ccc(-c2cc(-c3ccccc3)cc(-c3cccc(-c4ncc5sc6ccc(-c7cccc(-c8cccc9c8c8cc(-c%10ccccc%10)ccc8n9-c8ccccc8)c7)cc6c5n4)c3)c2)cc1. The smallest absolute Gasteiger partial charge is 0.159 e. The lowest BCUT2D eigenvalue weighted by Gasteiger charge is -2.12. The van der Waals surface area contributed by atoms with Gasteiger partial charge in [-0.15, -0.1) is 11.3 Å². The minimum atomic E-state index is 0.715. The summed E-state index contributed by atoms with van der Waals surface area (Å²) in [6, 6.07) is 87.6. The molecule has 0 aliphatic carbocycles. The molecule has 68 heavy (non-hydrogen) atoms. The lowest BCUT2D eigenvalue weighted by atomic mass is 9.93. The van der Waals surface area contributed by atoms with Gasteiger partial charge < -0.3 is 4.57 Å². The molecule has 0 unspecified atom stereocenters. The van der Waals surface area contributed by atoms with Crippen molar-refractivity contribution in [1.29, 1.82) is 0 Å². The Labute approximate surface area is 398 Å². The second-order valence-corrected chi connectivity index (χ2v) is 18.5. The van der Waals surface area contributed by atoms with Crippen molar-refractivity contribution in [3.63, 3.8) is 0 Å². The van der Waals surface area contributed by atoms with E-state index in [-0.39, 0.29) is 0 Å². The third-order valence-electron chi connectivity index (χ3n) is 13.2. The Hall–Kier alpha value is -8.70. The molecule has 0 bridgehead atoms. The topological polar surface area (TPSA) is 30.7 Å². The molecule has 0 saturated carbocycles. The molecule has 0 aliphatic heterocycles. The summed E-state index contributed by atoms with van der Waals surface area (Å²) in [5, 5.41) is 3.61. The number of aromatic nitrogens is 3. The van der Waals surface area contributed by atoms with E-state index in [0.29, 0.717) is 5.82 Å². The van der Waals surface area contributed by atoms with E-state index < -0.39 is 0 Å². The van der Waals surface area contributed by atoms with Crippen molar-refractivity contribution in [2.24, 2.45) is 0 Å². The van der Waals surface area contributed by atoms with Crippen LogP contribution in [0.25, 0.3) is 126 Å². The maximum absolute atomic E-state index is 5.31. The fraction of sp³-hybridized carbons (Fsp3) is 0. The van der Waals surface area contributed by atoms with E-state index in [0.717, 1.165) is 49.1 Å². The highest BCUT2D eigenvalue weighted by Gasteiger charge is 2.19. The van der Waals surface area contributed by atoms with E-state index >= 15 is 0 Å². The Morgan fingerprint density at radius 2 is 0.809 bits per heavy atom. The molecule has 4 heteroatoms. The summed E-state index contributed by atoms with van der Waals surface area (Å²) in [6.07, 6.45) is 1.99. The van der Waals surface area contributed by atoms with E-state index in [4.69, 9.17) is 9.97 Å². The quantitative estimate of drug-likeness (QED) is 0.152. The van der Waals surface area contributed by atoms with Gasteiger partial charge >= 0.3 is 0 Å². The molecule has 10 aromatic carbocycles. The minimum Gasteiger partial charge on any atom is -0.309 e. The Morgan fingerprint density at radius 1 is 0.324 bits per heavy atom. The number of nitrogens with zero attached hydrogens (tertiary/aromatic N) is 3. The number of hydrogen-bond acceptors (Lipinski definition) is 3. The highest BCUT2D eigenvalue weighted by molar-refractivity contribution is 7.25. The molecule has 0 fully saturated rings. The summed E-state index contributed by atoms with van der Waals surface area (Å²) < 4.78 is 4.67. The molecule has 0 aliphatic rings. The van der Waals surface area contributed by atoms with Crippen molar-refractivity contribution in [2.75, 3.05) is 0 Å². The second kappa shape index (κ2) is 16.6. The average Bonchev–Trinajstić information content (AvgIpc) is 3.96. The number of thiophene rings is 1. The maximum atomic E-state index is 5.31. The molecule has 0 atom stereocenters. The standard InChI is InChI=1S/C64H41N3S/c1-5-16-42(17-6-1)47-30-32-58-56(39-47)62-55(28-15-29-59(62)67(58)54-26-11-4-12-27-54)49-24-13-22-45(34-49)48-31-33-60-57(40-48)63-61(68-60)41-65-64(66-63)50-25-14-23-46(35-50)53-37-51(43-18-7-2-8-19-43)36-52(38-53)44-20-9-3-10-21-44/h1-41H. The first kappa shape index (κ1) is 39.6. The van der Waals surface area contributed by atoms with E-state index in [2.05, 4.69) is 247 Å². The Balaban J connectivity index is 0.893. The Kier molecular flexibility index (Phi) is 9.69. The van der Waals surface area contributed by atoms with Gasteiger partial charge in [0.2, 0.25) is 0 Å². The number of fused-ring (bicyclic) bond motifs is 6. The molecular formula is C64H41N3S.